The van der Waals surface area contributed by atoms with Gasteiger partial charge in [0.15, 0.2) is 0 Å². The highest BCUT2D eigenvalue weighted by molar-refractivity contribution is 5.99. The Bertz CT molecular complexity index is 1000. The van der Waals surface area contributed by atoms with Crippen molar-refractivity contribution in [1.29, 1.82) is 0 Å². The molecule has 9 heteroatoms. The van der Waals surface area contributed by atoms with Crippen molar-refractivity contribution in [2.45, 2.75) is 19.3 Å². The van der Waals surface area contributed by atoms with E-state index in [4.69, 9.17) is 0 Å². The quantitative estimate of drug-likeness (QED) is 0.373. The van der Waals surface area contributed by atoms with Crippen LogP contribution in [0.25, 0.3) is 0 Å². The molecule has 0 aromatic heterocycles. The Morgan fingerprint density at radius 3 is 2.22 bits per heavy atom. The summed E-state index contributed by atoms with van der Waals surface area (Å²) in [5.41, 5.74) is 0.821. The average Bonchev–Trinajstić information content (AvgIpc) is 2.83. The highest BCUT2D eigenvalue weighted by Gasteiger charge is 2.26. The van der Waals surface area contributed by atoms with E-state index in [1.807, 2.05) is 30.3 Å². The SMILES string of the molecule is COC(=O)c1cc(C(=O)N2CCN(C(=O)CCCc3ccccc3)CC2)cc([N+](=O)[O-])c1. The van der Waals surface area contributed by atoms with Crippen LogP contribution in [0.3, 0.4) is 0 Å². The molecule has 0 unspecified atom stereocenters. The number of non-ortho nitro benzene ring substituents is 1. The molecule has 168 valence electrons. The second kappa shape index (κ2) is 10.5. The van der Waals surface area contributed by atoms with Gasteiger partial charge in [0.25, 0.3) is 11.6 Å². The zero-order chi connectivity index (χ0) is 23.1. The molecule has 2 amide bonds. The molecule has 1 fully saturated rings. The first-order valence-electron chi connectivity index (χ1n) is 10.4. The zero-order valence-electron chi connectivity index (χ0n) is 17.9. The second-order valence-corrected chi connectivity index (χ2v) is 7.53. The van der Waals surface area contributed by atoms with Gasteiger partial charge in [-0.1, -0.05) is 30.3 Å². The van der Waals surface area contributed by atoms with Crippen molar-refractivity contribution in [3.8, 4) is 0 Å². The maximum absolute atomic E-state index is 12.9. The largest absolute Gasteiger partial charge is 0.465 e. The standard InChI is InChI=1S/C23H25N3O6/c1-32-23(29)19-14-18(15-20(16-19)26(30)31)22(28)25-12-10-24(11-13-25)21(27)9-5-8-17-6-3-2-4-7-17/h2-4,6-7,14-16H,5,8-13H2,1H3. The number of piperazine rings is 1. The number of aryl methyl sites for hydroxylation is 1. The van der Waals surface area contributed by atoms with Crippen molar-refractivity contribution in [2.24, 2.45) is 0 Å². The van der Waals surface area contributed by atoms with Gasteiger partial charge >= 0.3 is 5.97 Å². The summed E-state index contributed by atoms with van der Waals surface area (Å²) in [5.74, 6) is -1.12. The highest BCUT2D eigenvalue weighted by atomic mass is 16.6. The summed E-state index contributed by atoms with van der Waals surface area (Å²) in [6.07, 6.45) is 2.03. The molecule has 0 radical (unpaired) electrons. The van der Waals surface area contributed by atoms with E-state index >= 15 is 0 Å². The lowest BCUT2D eigenvalue weighted by Gasteiger charge is -2.35. The molecule has 1 aliphatic rings. The number of ether oxygens (including phenoxy) is 1. The van der Waals surface area contributed by atoms with Crippen molar-refractivity contribution in [3.05, 3.63) is 75.3 Å². The van der Waals surface area contributed by atoms with E-state index < -0.39 is 16.8 Å². The zero-order valence-corrected chi connectivity index (χ0v) is 17.9. The van der Waals surface area contributed by atoms with Crippen LogP contribution < -0.4 is 0 Å². The predicted molar refractivity (Wildman–Crippen MR) is 116 cm³/mol. The van der Waals surface area contributed by atoms with Crippen LogP contribution in [-0.4, -0.2) is 65.8 Å². The van der Waals surface area contributed by atoms with Gasteiger partial charge in [0.1, 0.15) is 0 Å². The summed E-state index contributed by atoms with van der Waals surface area (Å²) >= 11 is 0. The summed E-state index contributed by atoms with van der Waals surface area (Å²) < 4.78 is 4.62. The number of hydrogen-bond acceptors (Lipinski definition) is 6. The van der Waals surface area contributed by atoms with Crippen molar-refractivity contribution >= 4 is 23.5 Å². The minimum absolute atomic E-state index is 0.0437. The monoisotopic (exact) mass is 439 g/mol. The maximum Gasteiger partial charge on any atom is 0.338 e. The van der Waals surface area contributed by atoms with Crippen molar-refractivity contribution < 1.29 is 24.0 Å². The molecule has 2 aromatic carbocycles. The van der Waals surface area contributed by atoms with Gasteiger partial charge in [-0.15, -0.1) is 0 Å². The van der Waals surface area contributed by atoms with Gasteiger partial charge in [-0.3, -0.25) is 19.7 Å². The van der Waals surface area contributed by atoms with Crippen LogP contribution in [0.15, 0.2) is 48.5 Å². The molecule has 0 aliphatic carbocycles. The van der Waals surface area contributed by atoms with E-state index in [1.165, 1.54) is 23.6 Å². The highest BCUT2D eigenvalue weighted by Crippen LogP contribution is 2.20. The van der Waals surface area contributed by atoms with Gasteiger partial charge in [-0.25, -0.2) is 4.79 Å². The number of carbonyl (C=O) groups is 3. The minimum Gasteiger partial charge on any atom is -0.465 e. The number of amides is 2. The minimum atomic E-state index is -0.756. The fourth-order valence-corrected chi connectivity index (χ4v) is 3.66. The number of esters is 1. The van der Waals surface area contributed by atoms with Crippen LogP contribution >= 0.6 is 0 Å². The van der Waals surface area contributed by atoms with Crippen LogP contribution in [0.1, 0.15) is 39.1 Å². The first-order valence-corrected chi connectivity index (χ1v) is 10.4. The Morgan fingerprint density at radius 2 is 1.59 bits per heavy atom. The van der Waals surface area contributed by atoms with E-state index in [9.17, 15) is 24.5 Å². The summed E-state index contributed by atoms with van der Waals surface area (Å²) in [4.78, 5) is 51.0. The normalized spacial score (nSPS) is 13.5. The lowest BCUT2D eigenvalue weighted by Crippen LogP contribution is -2.50. The Hall–Kier alpha value is -3.75. The Balaban J connectivity index is 1.57. The van der Waals surface area contributed by atoms with Crippen molar-refractivity contribution in [2.75, 3.05) is 33.3 Å². The van der Waals surface area contributed by atoms with Crippen molar-refractivity contribution in [1.82, 2.24) is 9.80 Å². The Morgan fingerprint density at radius 1 is 0.969 bits per heavy atom. The van der Waals surface area contributed by atoms with Crippen LogP contribution in [0, 0.1) is 10.1 Å². The van der Waals surface area contributed by atoms with Gasteiger partial charge in [-0.05, 0) is 24.5 Å². The Labute approximate surface area is 185 Å². The molecule has 1 saturated heterocycles. The lowest BCUT2D eigenvalue weighted by atomic mass is 10.1. The van der Waals surface area contributed by atoms with E-state index in [0.29, 0.717) is 32.6 Å². The van der Waals surface area contributed by atoms with E-state index in [-0.39, 0.29) is 22.7 Å². The summed E-state index contributed by atoms with van der Waals surface area (Å²) in [6.45, 7) is 1.43. The summed E-state index contributed by atoms with van der Waals surface area (Å²) in [5, 5.41) is 11.2. The fourth-order valence-electron chi connectivity index (χ4n) is 3.66. The van der Waals surface area contributed by atoms with Crippen LogP contribution in [0.2, 0.25) is 0 Å². The number of nitro benzene ring substituents is 1. The Kier molecular flexibility index (Phi) is 7.54. The number of methoxy groups -OCH3 is 1. The summed E-state index contributed by atoms with van der Waals surface area (Å²) in [6, 6.07) is 13.5. The van der Waals surface area contributed by atoms with Gasteiger partial charge in [0.05, 0.1) is 17.6 Å². The van der Waals surface area contributed by atoms with E-state index in [2.05, 4.69) is 4.74 Å². The molecule has 0 spiro atoms. The first kappa shape index (κ1) is 22.9. The van der Waals surface area contributed by atoms with Crippen LogP contribution in [0.5, 0.6) is 0 Å². The van der Waals surface area contributed by atoms with Gasteiger partial charge in [0, 0.05) is 50.3 Å². The molecule has 1 aliphatic heterocycles. The molecule has 0 atom stereocenters. The van der Waals surface area contributed by atoms with E-state index in [0.717, 1.165) is 25.0 Å². The third-order valence-electron chi connectivity index (χ3n) is 5.42. The number of nitro groups is 1. The van der Waals surface area contributed by atoms with E-state index in [1.54, 1.807) is 4.90 Å². The fraction of sp³-hybridized carbons (Fsp3) is 0.348. The molecular formula is C23H25N3O6. The topological polar surface area (TPSA) is 110 Å². The second-order valence-electron chi connectivity index (χ2n) is 7.53. The van der Waals surface area contributed by atoms with Crippen LogP contribution in [0.4, 0.5) is 5.69 Å². The number of hydrogen-bond donors (Lipinski definition) is 0. The smallest absolute Gasteiger partial charge is 0.338 e. The maximum atomic E-state index is 12.9. The van der Waals surface area contributed by atoms with Crippen LogP contribution in [-0.2, 0) is 16.0 Å². The van der Waals surface area contributed by atoms with Gasteiger partial charge in [-0.2, -0.15) is 0 Å². The molecule has 32 heavy (non-hydrogen) atoms. The molecule has 0 N–H and O–H groups in total. The third kappa shape index (κ3) is 5.69. The molecular weight excluding hydrogens is 414 g/mol. The molecule has 1 heterocycles. The number of rotatable bonds is 7. The predicted octanol–water partition coefficient (Wildman–Crippen LogP) is 2.69. The van der Waals surface area contributed by atoms with Gasteiger partial charge in [0.2, 0.25) is 5.91 Å². The molecule has 0 saturated carbocycles. The lowest BCUT2D eigenvalue weighted by molar-refractivity contribution is -0.384. The van der Waals surface area contributed by atoms with Crippen molar-refractivity contribution in [3.63, 3.8) is 0 Å². The number of benzene rings is 2. The molecule has 9 nitrogen and oxygen atoms in total. The number of carbonyl (C=O) groups excluding carboxylic acids is 3. The molecule has 3 rings (SSSR count). The molecule has 2 aromatic rings. The summed E-state index contributed by atoms with van der Waals surface area (Å²) in [7, 11) is 1.17. The van der Waals surface area contributed by atoms with Gasteiger partial charge < -0.3 is 14.5 Å². The first-order chi connectivity index (χ1) is 15.4. The molecule has 0 bridgehead atoms. The third-order valence-corrected chi connectivity index (χ3v) is 5.42. The number of nitrogens with zero attached hydrogens (tertiary/aromatic N) is 3. The average molecular weight is 439 g/mol.